The van der Waals surface area contributed by atoms with Crippen molar-refractivity contribution in [1.82, 2.24) is 9.80 Å². The van der Waals surface area contributed by atoms with Crippen LogP contribution in [0.3, 0.4) is 0 Å². The van der Waals surface area contributed by atoms with Crippen LogP contribution in [0.25, 0.3) is 0 Å². The third-order valence-electron chi connectivity index (χ3n) is 5.78. The van der Waals surface area contributed by atoms with E-state index >= 15 is 0 Å². The van der Waals surface area contributed by atoms with E-state index in [9.17, 15) is 4.79 Å². The zero-order chi connectivity index (χ0) is 15.6. The van der Waals surface area contributed by atoms with E-state index in [1.54, 1.807) is 0 Å². The lowest BCUT2D eigenvalue weighted by atomic mass is 9.85. The Balaban J connectivity index is 1.44. The van der Waals surface area contributed by atoms with Gasteiger partial charge in [0.25, 0.3) is 0 Å². The predicted molar refractivity (Wildman–Crippen MR) is 85.3 cm³/mol. The molecular weight excluding hydrogens is 276 g/mol. The molecule has 1 amide bonds. The number of carbonyl (C=O) groups is 1. The second kappa shape index (κ2) is 6.00. The first kappa shape index (κ1) is 15.5. The largest absolute Gasteiger partial charge is 0.343 e. The Morgan fingerprint density at radius 1 is 1.18 bits per heavy atom. The Labute approximate surface area is 133 Å². The van der Waals surface area contributed by atoms with E-state index in [0.717, 1.165) is 38.8 Å². The van der Waals surface area contributed by atoms with E-state index in [-0.39, 0.29) is 11.6 Å². The van der Waals surface area contributed by atoms with Crippen LogP contribution in [0.2, 0.25) is 0 Å². The molecule has 5 nitrogen and oxygen atoms in total. The lowest BCUT2D eigenvalue weighted by molar-refractivity contribution is -0.133. The Morgan fingerprint density at radius 3 is 2.45 bits per heavy atom. The molecule has 0 aromatic carbocycles. The number of hydrogen-bond donors (Lipinski definition) is 0. The molecule has 3 aliphatic heterocycles. The summed E-state index contributed by atoms with van der Waals surface area (Å²) >= 11 is 0. The van der Waals surface area contributed by atoms with Crippen molar-refractivity contribution in [1.29, 1.82) is 0 Å². The van der Waals surface area contributed by atoms with Gasteiger partial charge in [-0.2, -0.15) is 10.2 Å². The van der Waals surface area contributed by atoms with Crippen molar-refractivity contribution < 1.29 is 4.79 Å². The SMILES string of the molecule is C#CCCC1(CCC(=O)N2CCC3(CCCN3C)CC2)N=N1. The van der Waals surface area contributed by atoms with Crippen LogP contribution >= 0.6 is 0 Å². The first-order valence-electron chi connectivity index (χ1n) is 8.46. The van der Waals surface area contributed by atoms with Gasteiger partial charge in [0.1, 0.15) is 0 Å². The Morgan fingerprint density at radius 2 is 1.91 bits per heavy atom. The molecule has 5 heteroatoms. The first-order valence-corrected chi connectivity index (χ1v) is 8.46. The van der Waals surface area contributed by atoms with Gasteiger partial charge in [-0.05, 0) is 39.3 Å². The summed E-state index contributed by atoms with van der Waals surface area (Å²) in [5.41, 5.74) is 0.0384. The van der Waals surface area contributed by atoms with E-state index < -0.39 is 0 Å². The molecule has 3 rings (SSSR count). The maximum atomic E-state index is 12.4. The molecule has 22 heavy (non-hydrogen) atoms. The average Bonchev–Trinajstić information content (AvgIpc) is 3.23. The Bertz CT molecular complexity index is 493. The van der Waals surface area contributed by atoms with Crippen LogP contribution in [-0.2, 0) is 4.79 Å². The fourth-order valence-electron chi connectivity index (χ4n) is 4.01. The maximum Gasteiger partial charge on any atom is 0.222 e. The highest BCUT2D eigenvalue weighted by molar-refractivity contribution is 5.76. The van der Waals surface area contributed by atoms with Gasteiger partial charge < -0.3 is 9.80 Å². The summed E-state index contributed by atoms with van der Waals surface area (Å²) < 4.78 is 0. The van der Waals surface area contributed by atoms with Crippen molar-refractivity contribution in [2.45, 2.75) is 62.6 Å². The molecule has 3 heterocycles. The van der Waals surface area contributed by atoms with Crippen molar-refractivity contribution in [3.8, 4) is 12.3 Å². The summed E-state index contributed by atoms with van der Waals surface area (Å²) in [5, 5.41) is 8.22. The number of hydrogen-bond acceptors (Lipinski definition) is 4. The molecule has 0 aromatic heterocycles. The molecule has 0 radical (unpaired) electrons. The van der Waals surface area contributed by atoms with Crippen LogP contribution in [0.4, 0.5) is 0 Å². The predicted octanol–water partition coefficient (Wildman–Crippen LogP) is 2.43. The van der Waals surface area contributed by atoms with E-state index in [2.05, 4.69) is 28.1 Å². The summed E-state index contributed by atoms with van der Waals surface area (Å²) in [4.78, 5) is 17.0. The topological polar surface area (TPSA) is 48.3 Å². The van der Waals surface area contributed by atoms with E-state index in [0.29, 0.717) is 18.4 Å². The molecule has 0 unspecified atom stereocenters. The molecule has 0 aliphatic carbocycles. The van der Waals surface area contributed by atoms with Crippen molar-refractivity contribution in [2.24, 2.45) is 10.2 Å². The Kier molecular flexibility index (Phi) is 4.22. The van der Waals surface area contributed by atoms with E-state index in [4.69, 9.17) is 6.42 Å². The van der Waals surface area contributed by atoms with Crippen LogP contribution in [-0.4, -0.2) is 53.6 Å². The van der Waals surface area contributed by atoms with Crippen molar-refractivity contribution in [3.05, 3.63) is 0 Å². The number of piperidine rings is 1. The number of likely N-dealkylation sites (tertiary alicyclic amines) is 2. The zero-order valence-electron chi connectivity index (χ0n) is 13.6. The molecule has 0 saturated carbocycles. The molecule has 0 atom stereocenters. The highest BCUT2D eigenvalue weighted by atomic mass is 16.2. The van der Waals surface area contributed by atoms with Gasteiger partial charge in [-0.25, -0.2) is 0 Å². The second-order valence-electron chi connectivity index (χ2n) is 7.02. The minimum Gasteiger partial charge on any atom is -0.343 e. The summed E-state index contributed by atoms with van der Waals surface area (Å²) in [6.07, 6.45) is 12.8. The molecule has 0 N–H and O–H groups in total. The molecular formula is C17H26N4O. The summed E-state index contributed by atoms with van der Waals surface area (Å²) in [7, 11) is 2.23. The highest BCUT2D eigenvalue weighted by Gasteiger charge is 2.43. The van der Waals surface area contributed by atoms with E-state index in [1.807, 2.05) is 4.90 Å². The molecule has 2 saturated heterocycles. The number of carbonyl (C=O) groups excluding carboxylic acids is 1. The van der Waals surface area contributed by atoms with Crippen molar-refractivity contribution >= 4 is 5.91 Å². The molecule has 0 aromatic rings. The minimum atomic E-state index is -0.329. The average molecular weight is 302 g/mol. The smallest absolute Gasteiger partial charge is 0.222 e. The number of nitrogens with zero attached hydrogens (tertiary/aromatic N) is 4. The molecule has 0 bridgehead atoms. The van der Waals surface area contributed by atoms with Gasteiger partial charge in [0.2, 0.25) is 5.91 Å². The third-order valence-corrected chi connectivity index (χ3v) is 5.78. The van der Waals surface area contributed by atoms with Crippen LogP contribution in [0, 0.1) is 12.3 Å². The van der Waals surface area contributed by atoms with Crippen LogP contribution in [0.1, 0.15) is 51.4 Å². The Hall–Kier alpha value is -1.41. The third kappa shape index (κ3) is 3.03. The number of amides is 1. The van der Waals surface area contributed by atoms with E-state index in [1.165, 1.54) is 19.4 Å². The maximum absolute atomic E-state index is 12.4. The summed E-state index contributed by atoms with van der Waals surface area (Å²) in [6, 6.07) is 0. The van der Waals surface area contributed by atoms with Gasteiger partial charge in [-0.3, -0.25) is 4.79 Å². The minimum absolute atomic E-state index is 0.257. The number of rotatable bonds is 5. The van der Waals surface area contributed by atoms with Gasteiger partial charge in [0.05, 0.1) is 0 Å². The molecule has 3 aliphatic rings. The molecule has 120 valence electrons. The van der Waals surface area contributed by atoms with Crippen LogP contribution < -0.4 is 0 Å². The fourth-order valence-corrected chi connectivity index (χ4v) is 4.01. The fraction of sp³-hybridized carbons (Fsp3) is 0.824. The van der Waals surface area contributed by atoms with Crippen LogP contribution in [0.5, 0.6) is 0 Å². The van der Waals surface area contributed by atoms with Gasteiger partial charge >= 0.3 is 0 Å². The lowest BCUT2D eigenvalue weighted by Gasteiger charge is -2.43. The normalized spacial score (nSPS) is 25.4. The quantitative estimate of drug-likeness (QED) is 0.732. The standard InChI is InChI=1S/C17H26N4O/c1-3-4-8-17(18-19-17)9-6-15(22)21-13-10-16(11-14-21)7-5-12-20(16)2/h1H,4-14H2,2H3. The van der Waals surface area contributed by atoms with Crippen LogP contribution in [0.15, 0.2) is 10.2 Å². The zero-order valence-corrected chi connectivity index (χ0v) is 13.6. The highest BCUT2D eigenvalue weighted by Crippen LogP contribution is 2.39. The van der Waals surface area contributed by atoms with Gasteiger partial charge in [0.15, 0.2) is 5.66 Å². The van der Waals surface area contributed by atoms with Gasteiger partial charge in [0, 0.05) is 44.3 Å². The molecule has 2 fully saturated rings. The summed E-state index contributed by atoms with van der Waals surface area (Å²) in [6.45, 7) is 3.00. The lowest BCUT2D eigenvalue weighted by Crippen LogP contribution is -2.52. The van der Waals surface area contributed by atoms with Crippen molar-refractivity contribution in [3.63, 3.8) is 0 Å². The van der Waals surface area contributed by atoms with Gasteiger partial charge in [-0.1, -0.05) is 0 Å². The van der Waals surface area contributed by atoms with Gasteiger partial charge in [-0.15, -0.1) is 12.3 Å². The van der Waals surface area contributed by atoms with Crippen molar-refractivity contribution in [2.75, 3.05) is 26.7 Å². The monoisotopic (exact) mass is 302 g/mol. The summed E-state index contributed by atoms with van der Waals surface area (Å²) in [5.74, 6) is 2.88. The first-order chi connectivity index (χ1) is 10.6. The second-order valence-corrected chi connectivity index (χ2v) is 7.02. The number of terminal acetylenes is 1. The molecule has 1 spiro atoms.